The minimum Gasteiger partial charge on any atom is -0.445 e. The number of amides is 3. The Morgan fingerprint density at radius 2 is 1.65 bits per heavy atom. The van der Waals surface area contributed by atoms with Gasteiger partial charge in [0.15, 0.2) is 0 Å². The van der Waals surface area contributed by atoms with E-state index < -0.39 is 18.0 Å². The lowest BCUT2D eigenvalue weighted by Gasteiger charge is -2.15. The third kappa shape index (κ3) is 10.00. The van der Waals surface area contributed by atoms with E-state index in [1.165, 1.54) is 0 Å². The topological polar surface area (TPSA) is 111 Å². The fraction of sp³-hybridized carbons (Fsp3) is 0.348. The first-order chi connectivity index (χ1) is 14.9. The van der Waals surface area contributed by atoms with Crippen LogP contribution in [-0.4, -0.2) is 30.5 Å². The highest BCUT2D eigenvalue weighted by atomic mass is 35.5. The summed E-state index contributed by atoms with van der Waals surface area (Å²) >= 11 is 5.86. The van der Waals surface area contributed by atoms with Gasteiger partial charge in [0.05, 0.1) is 0 Å². The van der Waals surface area contributed by atoms with Gasteiger partial charge in [-0.05, 0) is 36.1 Å². The third-order valence-corrected chi connectivity index (χ3v) is 4.85. The summed E-state index contributed by atoms with van der Waals surface area (Å²) < 4.78 is 5.13. The summed E-state index contributed by atoms with van der Waals surface area (Å²) in [5.41, 5.74) is 7.20. The molecule has 0 radical (unpaired) electrons. The third-order valence-electron chi connectivity index (χ3n) is 4.59. The minimum absolute atomic E-state index is 0.226. The molecule has 0 spiro atoms. The van der Waals surface area contributed by atoms with Gasteiger partial charge in [-0.1, -0.05) is 60.5 Å². The van der Waals surface area contributed by atoms with E-state index in [9.17, 15) is 14.4 Å². The van der Waals surface area contributed by atoms with Gasteiger partial charge in [0.2, 0.25) is 11.8 Å². The average molecular weight is 446 g/mol. The Kier molecular flexibility index (Phi) is 10.4. The van der Waals surface area contributed by atoms with Crippen LogP contribution in [-0.2, 0) is 27.4 Å². The van der Waals surface area contributed by atoms with Crippen LogP contribution in [0.2, 0.25) is 5.02 Å². The summed E-state index contributed by atoms with van der Waals surface area (Å²) in [6.07, 6.45) is 2.24. The summed E-state index contributed by atoms with van der Waals surface area (Å²) in [4.78, 5) is 35.5. The van der Waals surface area contributed by atoms with Crippen molar-refractivity contribution in [3.8, 4) is 0 Å². The van der Waals surface area contributed by atoms with Crippen LogP contribution >= 0.6 is 11.6 Å². The molecular weight excluding hydrogens is 418 g/mol. The van der Waals surface area contributed by atoms with Crippen LogP contribution in [0.3, 0.4) is 0 Å². The number of carbonyl (C=O) groups is 3. The van der Waals surface area contributed by atoms with Crippen LogP contribution in [0.25, 0.3) is 0 Å². The predicted molar refractivity (Wildman–Crippen MR) is 119 cm³/mol. The predicted octanol–water partition coefficient (Wildman–Crippen LogP) is 3.34. The highest BCUT2D eigenvalue weighted by Crippen LogP contribution is 2.11. The molecule has 166 valence electrons. The van der Waals surface area contributed by atoms with Crippen molar-refractivity contribution in [3.05, 3.63) is 70.7 Å². The van der Waals surface area contributed by atoms with E-state index in [1.54, 1.807) is 24.3 Å². The fourth-order valence-electron chi connectivity index (χ4n) is 2.90. The second kappa shape index (κ2) is 13.3. The summed E-state index contributed by atoms with van der Waals surface area (Å²) in [5, 5.41) is 5.97. The summed E-state index contributed by atoms with van der Waals surface area (Å²) in [5.74, 6) is -0.811. The van der Waals surface area contributed by atoms with Crippen LogP contribution in [0.4, 0.5) is 4.79 Å². The van der Waals surface area contributed by atoms with Crippen molar-refractivity contribution >= 4 is 29.5 Å². The first-order valence-electron chi connectivity index (χ1n) is 10.2. The number of ether oxygens (including phenoxy) is 1. The smallest absolute Gasteiger partial charge is 0.407 e. The molecule has 1 atom stereocenters. The molecule has 0 saturated carbocycles. The molecule has 0 bridgehead atoms. The van der Waals surface area contributed by atoms with E-state index in [0.717, 1.165) is 24.0 Å². The van der Waals surface area contributed by atoms with Crippen LogP contribution < -0.4 is 16.4 Å². The number of halogens is 1. The van der Waals surface area contributed by atoms with Crippen molar-refractivity contribution in [2.45, 2.75) is 44.8 Å². The van der Waals surface area contributed by atoms with E-state index in [4.69, 9.17) is 22.1 Å². The van der Waals surface area contributed by atoms with Gasteiger partial charge < -0.3 is 21.1 Å². The Labute approximate surface area is 187 Å². The number of hydrogen-bond acceptors (Lipinski definition) is 4. The molecule has 7 nitrogen and oxygen atoms in total. The number of benzene rings is 2. The molecule has 0 unspecified atom stereocenters. The first kappa shape index (κ1) is 24.2. The quantitative estimate of drug-likeness (QED) is 0.435. The Balaban J connectivity index is 1.57. The molecule has 2 aromatic rings. The van der Waals surface area contributed by atoms with Gasteiger partial charge in [0, 0.05) is 24.4 Å². The zero-order valence-electron chi connectivity index (χ0n) is 17.3. The maximum absolute atomic E-state index is 12.1. The molecule has 0 aliphatic heterocycles. The average Bonchev–Trinajstić information content (AvgIpc) is 2.76. The molecule has 0 aromatic heterocycles. The van der Waals surface area contributed by atoms with Crippen LogP contribution in [0.5, 0.6) is 0 Å². The molecule has 8 heteroatoms. The van der Waals surface area contributed by atoms with Crippen LogP contribution in [0, 0.1) is 0 Å². The Morgan fingerprint density at radius 1 is 0.935 bits per heavy atom. The highest BCUT2D eigenvalue weighted by molar-refractivity contribution is 6.30. The van der Waals surface area contributed by atoms with E-state index in [1.807, 2.05) is 30.3 Å². The van der Waals surface area contributed by atoms with Crippen molar-refractivity contribution in [1.82, 2.24) is 10.6 Å². The molecule has 0 fully saturated rings. The number of primary amides is 1. The Morgan fingerprint density at radius 3 is 2.32 bits per heavy atom. The zero-order chi connectivity index (χ0) is 22.5. The molecule has 0 aliphatic carbocycles. The molecule has 0 heterocycles. The van der Waals surface area contributed by atoms with Crippen molar-refractivity contribution in [2.24, 2.45) is 5.73 Å². The molecule has 0 saturated heterocycles. The summed E-state index contributed by atoms with van der Waals surface area (Å²) in [6, 6.07) is 15.7. The highest BCUT2D eigenvalue weighted by Gasteiger charge is 2.18. The lowest BCUT2D eigenvalue weighted by molar-refractivity contribution is -0.127. The van der Waals surface area contributed by atoms with E-state index in [0.29, 0.717) is 24.4 Å². The van der Waals surface area contributed by atoms with Gasteiger partial charge in [-0.3, -0.25) is 9.59 Å². The van der Waals surface area contributed by atoms with Gasteiger partial charge in [-0.25, -0.2) is 4.79 Å². The van der Waals surface area contributed by atoms with Crippen molar-refractivity contribution in [1.29, 1.82) is 0 Å². The van der Waals surface area contributed by atoms with Gasteiger partial charge in [-0.2, -0.15) is 0 Å². The lowest BCUT2D eigenvalue weighted by atomic mass is 10.0. The van der Waals surface area contributed by atoms with Crippen molar-refractivity contribution < 1.29 is 19.1 Å². The number of nitrogens with two attached hydrogens (primary N) is 1. The van der Waals surface area contributed by atoms with Gasteiger partial charge in [0.25, 0.3) is 0 Å². The maximum Gasteiger partial charge on any atom is 0.407 e. The summed E-state index contributed by atoms with van der Waals surface area (Å²) in [7, 11) is 0. The Hall–Kier alpha value is -3.06. The van der Waals surface area contributed by atoms with E-state index in [2.05, 4.69) is 10.6 Å². The SMILES string of the molecule is NC(=O)[C@H](Cc1ccc(Cl)cc1)NC(=O)CCCCCNC(=O)OCc1ccccc1. The number of alkyl carbamates (subject to hydrolysis) is 1. The fourth-order valence-corrected chi connectivity index (χ4v) is 3.02. The zero-order valence-corrected chi connectivity index (χ0v) is 18.1. The molecule has 2 aromatic carbocycles. The van der Waals surface area contributed by atoms with Gasteiger partial charge in [-0.15, -0.1) is 0 Å². The largest absolute Gasteiger partial charge is 0.445 e. The maximum atomic E-state index is 12.1. The monoisotopic (exact) mass is 445 g/mol. The second-order valence-corrected chi connectivity index (χ2v) is 7.59. The molecule has 4 N–H and O–H groups in total. The van der Waals surface area contributed by atoms with E-state index >= 15 is 0 Å². The Bertz CT molecular complexity index is 844. The molecule has 0 aliphatic rings. The van der Waals surface area contributed by atoms with E-state index in [-0.39, 0.29) is 18.9 Å². The molecule has 31 heavy (non-hydrogen) atoms. The molecule has 3 amide bonds. The molecule has 2 rings (SSSR count). The number of nitrogens with one attached hydrogen (secondary N) is 2. The number of rotatable bonds is 12. The normalized spacial score (nSPS) is 11.4. The second-order valence-electron chi connectivity index (χ2n) is 7.15. The number of hydrogen-bond donors (Lipinski definition) is 3. The van der Waals surface area contributed by atoms with Gasteiger partial charge in [0.1, 0.15) is 12.6 Å². The van der Waals surface area contributed by atoms with Crippen molar-refractivity contribution in [3.63, 3.8) is 0 Å². The number of unbranched alkanes of at least 4 members (excludes halogenated alkanes) is 2. The molecular formula is C23H28ClN3O4. The first-order valence-corrected chi connectivity index (χ1v) is 10.6. The number of carbonyl (C=O) groups excluding carboxylic acids is 3. The lowest BCUT2D eigenvalue weighted by Crippen LogP contribution is -2.45. The summed E-state index contributed by atoms with van der Waals surface area (Å²) in [6.45, 7) is 0.694. The van der Waals surface area contributed by atoms with Crippen LogP contribution in [0.15, 0.2) is 54.6 Å². The minimum atomic E-state index is -0.769. The van der Waals surface area contributed by atoms with Crippen molar-refractivity contribution in [2.75, 3.05) is 6.54 Å². The van der Waals surface area contributed by atoms with Gasteiger partial charge >= 0.3 is 6.09 Å². The standard InChI is InChI=1S/C23H28ClN3O4/c24-19-12-10-17(11-13-19)15-20(22(25)29)27-21(28)9-5-2-6-14-26-23(30)31-16-18-7-3-1-4-8-18/h1,3-4,7-8,10-13,20H,2,5-6,9,14-16H2,(H2,25,29)(H,26,30)(H,27,28)/t20-/m0/s1. The van der Waals surface area contributed by atoms with Crippen LogP contribution in [0.1, 0.15) is 36.8 Å².